The maximum Gasteiger partial charge on any atom is 0.134 e. The van der Waals surface area contributed by atoms with Gasteiger partial charge in [-0.25, -0.2) is 14.6 Å². The molecule has 23 heavy (non-hydrogen) atoms. The van der Waals surface area contributed by atoms with Crippen LogP contribution in [0.3, 0.4) is 0 Å². The average Bonchev–Trinajstić information content (AvgIpc) is 3.09. The van der Waals surface area contributed by atoms with Crippen LogP contribution in [0.15, 0.2) is 61.2 Å². The molecule has 5 nitrogen and oxygen atoms in total. The van der Waals surface area contributed by atoms with Crippen LogP contribution < -0.4 is 5.73 Å². The summed E-state index contributed by atoms with van der Waals surface area (Å²) >= 11 is 6.14. The molecule has 0 atom stereocenters. The van der Waals surface area contributed by atoms with Crippen molar-refractivity contribution >= 4 is 28.3 Å². The summed E-state index contributed by atoms with van der Waals surface area (Å²) in [5.41, 5.74) is 9.63. The number of benzene rings is 2. The van der Waals surface area contributed by atoms with Crippen molar-refractivity contribution < 1.29 is 0 Å². The second kappa shape index (κ2) is 5.37. The van der Waals surface area contributed by atoms with Crippen molar-refractivity contribution in [3.05, 3.63) is 66.2 Å². The number of nitrogens with zero attached hydrogens (tertiary/aromatic N) is 4. The second-order valence-electron chi connectivity index (χ2n) is 5.11. The van der Waals surface area contributed by atoms with Gasteiger partial charge in [0.1, 0.15) is 12.1 Å². The minimum absolute atomic E-state index is 0.437. The summed E-state index contributed by atoms with van der Waals surface area (Å²) in [5, 5.41) is 5.74. The van der Waals surface area contributed by atoms with Crippen LogP contribution in [0.5, 0.6) is 0 Å². The molecule has 0 aliphatic carbocycles. The van der Waals surface area contributed by atoms with Gasteiger partial charge in [0.05, 0.1) is 11.2 Å². The molecule has 112 valence electrons. The highest BCUT2D eigenvalue weighted by atomic mass is 35.5. The highest BCUT2D eigenvalue weighted by Gasteiger charge is 2.12. The summed E-state index contributed by atoms with van der Waals surface area (Å²) in [7, 11) is 0. The summed E-state index contributed by atoms with van der Waals surface area (Å²) in [6.07, 6.45) is 5.08. The highest BCUT2D eigenvalue weighted by molar-refractivity contribution is 6.30. The van der Waals surface area contributed by atoms with Crippen molar-refractivity contribution in [3.63, 3.8) is 0 Å². The van der Waals surface area contributed by atoms with Crippen molar-refractivity contribution in [2.75, 3.05) is 5.73 Å². The van der Waals surface area contributed by atoms with Crippen LogP contribution in [0.25, 0.3) is 27.7 Å². The van der Waals surface area contributed by atoms with E-state index in [1.807, 2.05) is 48.7 Å². The van der Waals surface area contributed by atoms with E-state index in [9.17, 15) is 0 Å². The second-order valence-corrected chi connectivity index (χ2v) is 5.55. The van der Waals surface area contributed by atoms with Gasteiger partial charge in [-0.1, -0.05) is 23.7 Å². The van der Waals surface area contributed by atoms with Gasteiger partial charge < -0.3 is 5.73 Å². The lowest BCUT2D eigenvalue weighted by molar-refractivity contribution is 0.882. The quantitative estimate of drug-likeness (QED) is 0.611. The molecule has 2 N–H and O–H groups in total. The molecule has 0 unspecified atom stereocenters. The van der Waals surface area contributed by atoms with E-state index in [1.54, 1.807) is 10.9 Å². The number of nitrogen functional groups attached to an aromatic ring is 1. The molecule has 2 aromatic carbocycles. The molecule has 6 heteroatoms. The third kappa shape index (κ3) is 2.41. The Hall–Kier alpha value is -2.92. The van der Waals surface area contributed by atoms with E-state index >= 15 is 0 Å². The van der Waals surface area contributed by atoms with E-state index in [0.29, 0.717) is 10.8 Å². The topological polar surface area (TPSA) is 69.6 Å². The first kappa shape index (κ1) is 13.7. The van der Waals surface area contributed by atoms with E-state index in [0.717, 1.165) is 27.7 Å². The molecule has 2 heterocycles. The van der Waals surface area contributed by atoms with Crippen LogP contribution in [0.2, 0.25) is 5.02 Å². The molecule has 0 aliphatic heterocycles. The number of fused-ring (bicyclic) bond motifs is 1. The Kier molecular flexibility index (Phi) is 3.20. The lowest BCUT2D eigenvalue weighted by Crippen LogP contribution is -1.99. The first-order valence-corrected chi connectivity index (χ1v) is 7.40. The SMILES string of the molecule is Nc1ncnc2c(-c3cccc(Cl)c3)cc(-n3cccn3)cc12. The van der Waals surface area contributed by atoms with E-state index in [1.165, 1.54) is 6.33 Å². The van der Waals surface area contributed by atoms with Crippen LogP contribution in [0, 0.1) is 0 Å². The third-order valence-electron chi connectivity index (χ3n) is 3.66. The van der Waals surface area contributed by atoms with Crippen LogP contribution >= 0.6 is 11.6 Å². The van der Waals surface area contributed by atoms with Gasteiger partial charge in [-0.2, -0.15) is 5.10 Å². The highest BCUT2D eigenvalue weighted by Crippen LogP contribution is 2.32. The fourth-order valence-corrected chi connectivity index (χ4v) is 2.79. The van der Waals surface area contributed by atoms with Crippen LogP contribution in [-0.4, -0.2) is 19.7 Å². The van der Waals surface area contributed by atoms with Crippen molar-refractivity contribution in [2.24, 2.45) is 0 Å². The van der Waals surface area contributed by atoms with Gasteiger partial charge in [-0.05, 0) is 35.9 Å². The maximum absolute atomic E-state index is 6.14. The van der Waals surface area contributed by atoms with Gasteiger partial charge in [0.15, 0.2) is 0 Å². The van der Waals surface area contributed by atoms with Crippen molar-refractivity contribution in [1.29, 1.82) is 0 Å². The minimum atomic E-state index is 0.437. The molecule has 2 aromatic heterocycles. The predicted octanol–water partition coefficient (Wildman–Crippen LogP) is 3.72. The molecule has 0 saturated carbocycles. The average molecular weight is 322 g/mol. The molecular weight excluding hydrogens is 310 g/mol. The lowest BCUT2D eigenvalue weighted by atomic mass is 10.0. The van der Waals surface area contributed by atoms with Gasteiger partial charge >= 0.3 is 0 Å². The standard InChI is InChI=1S/C17H12ClN5/c18-12-4-1-3-11(7-12)14-8-13(23-6-2-5-22-23)9-15-16(14)20-10-21-17(15)19/h1-10H,(H2,19,20,21). The third-order valence-corrected chi connectivity index (χ3v) is 3.89. The molecule has 0 bridgehead atoms. The molecule has 0 amide bonds. The van der Waals surface area contributed by atoms with E-state index < -0.39 is 0 Å². The maximum atomic E-state index is 6.14. The Balaban J connectivity index is 2.07. The first-order chi connectivity index (χ1) is 11.2. The minimum Gasteiger partial charge on any atom is -0.383 e. The summed E-state index contributed by atoms with van der Waals surface area (Å²) in [6.45, 7) is 0. The molecule has 0 fully saturated rings. The Morgan fingerprint density at radius 2 is 1.96 bits per heavy atom. The number of nitrogens with two attached hydrogens (primary N) is 1. The van der Waals surface area contributed by atoms with Gasteiger partial charge in [0.25, 0.3) is 0 Å². The van der Waals surface area contributed by atoms with Crippen molar-refractivity contribution in [1.82, 2.24) is 19.7 Å². The molecule has 0 spiro atoms. The normalized spacial score (nSPS) is 11.0. The summed E-state index contributed by atoms with van der Waals surface area (Å²) in [6, 6.07) is 13.5. The van der Waals surface area contributed by atoms with Gasteiger partial charge in [-0.3, -0.25) is 0 Å². The fourth-order valence-electron chi connectivity index (χ4n) is 2.60. The van der Waals surface area contributed by atoms with Crippen LogP contribution in [-0.2, 0) is 0 Å². The van der Waals surface area contributed by atoms with Crippen LogP contribution in [0.1, 0.15) is 0 Å². The van der Waals surface area contributed by atoms with Crippen molar-refractivity contribution in [2.45, 2.75) is 0 Å². The molecule has 4 aromatic rings. The van der Waals surface area contributed by atoms with E-state index in [4.69, 9.17) is 17.3 Å². The Bertz CT molecular complexity index is 995. The van der Waals surface area contributed by atoms with Crippen LogP contribution in [0.4, 0.5) is 5.82 Å². The molecule has 0 aliphatic rings. The van der Waals surface area contributed by atoms with Gasteiger partial charge in [-0.15, -0.1) is 0 Å². The Morgan fingerprint density at radius 1 is 1.04 bits per heavy atom. The van der Waals surface area contributed by atoms with E-state index in [-0.39, 0.29) is 0 Å². The summed E-state index contributed by atoms with van der Waals surface area (Å²) in [4.78, 5) is 8.50. The molecular formula is C17H12ClN5. The number of aromatic nitrogens is 4. The zero-order valence-corrected chi connectivity index (χ0v) is 12.8. The van der Waals surface area contributed by atoms with Gasteiger partial charge in [0.2, 0.25) is 0 Å². The van der Waals surface area contributed by atoms with Gasteiger partial charge in [0, 0.05) is 28.4 Å². The van der Waals surface area contributed by atoms with Crippen molar-refractivity contribution in [3.8, 4) is 16.8 Å². The fraction of sp³-hybridized carbons (Fsp3) is 0. The number of hydrogen-bond donors (Lipinski definition) is 1. The number of anilines is 1. The zero-order chi connectivity index (χ0) is 15.8. The zero-order valence-electron chi connectivity index (χ0n) is 12.0. The van der Waals surface area contributed by atoms with E-state index in [2.05, 4.69) is 15.1 Å². The largest absolute Gasteiger partial charge is 0.383 e. The molecule has 0 radical (unpaired) electrons. The molecule has 4 rings (SSSR count). The first-order valence-electron chi connectivity index (χ1n) is 7.02. The predicted molar refractivity (Wildman–Crippen MR) is 91.5 cm³/mol. The lowest BCUT2D eigenvalue weighted by Gasteiger charge is -2.11. The Morgan fingerprint density at radius 3 is 2.74 bits per heavy atom. The summed E-state index contributed by atoms with van der Waals surface area (Å²) < 4.78 is 1.78. The Labute approximate surface area is 137 Å². The smallest absolute Gasteiger partial charge is 0.134 e. The number of halogens is 1. The summed E-state index contributed by atoms with van der Waals surface area (Å²) in [5.74, 6) is 0.437. The molecule has 0 saturated heterocycles. The monoisotopic (exact) mass is 321 g/mol. The number of hydrogen-bond acceptors (Lipinski definition) is 4. The number of rotatable bonds is 2.